The van der Waals surface area contributed by atoms with Crippen LogP contribution in [0.25, 0.3) is 0 Å². The topological polar surface area (TPSA) is 55.2 Å². The molecule has 98 valence electrons. The van der Waals surface area contributed by atoms with Gasteiger partial charge in [-0.1, -0.05) is 42.0 Å². The predicted molar refractivity (Wildman–Crippen MR) is 76.3 cm³/mol. The summed E-state index contributed by atoms with van der Waals surface area (Å²) in [6, 6.07) is 13.2. The van der Waals surface area contributed by atoms with Crippen LogP contribution in [0.2, 0.25) is 0 Å². The number of para-hydroxylation sites is 1. The summed E-state index contributed by atoms with van der Waals surface area (Å²) in [7, 11) is 0. The van der Waals surface area contributed by atoms with Crippen molar-refractivity contribution in [3.63, 3.8) is 0 Å². The van der Waals surface area contributed by atoms with Crippen molar-refractivity contribution in [1.29, 1.82) is 0 Å². The van der Waals surface area contributed by atoms with E-state index in [9.17, 15) is 10.1 Å². The summed E-state index contributed by atoms with van der Waals surface area (Å²) in [5.74, 6) is 0. The summed E-state index contributed by atoms with van der Waals surface area (Å²) in [4.78, 5) is 10.6. The van der Waals surface area contributed by atoms with Crippen molar-refractivity contribution in [2.45, 2.75) is 20.4 Å². The van der Waals surface area contributed by atoms with Gasteiger partial charge in [-0.25, -0.2) is 0 Å². The standard InChI is InChI=1S/C15H16N2O2/c1-11-5-3-7-13(9-11)10-16-15-12(2)6-4-8-14(15)17(18)19/h3-9,16H,10H2,1-2H3. The molecule has 0 heterocycles. The molecule has 0 saturated carbocycles. The minimum Gasteiger partial charge on any atom is -0.375 e. The summed E-state index contributed by atoms with van der Waals surface area (Å²) >= 11 is 0. The van der Waals surface area contributed by atoms with Gasteiger partial charge in [0.2, 0.25) is 0 Å². The SMILES string of the molecule is Cc1cccc(CNc2c(C)cccc2[N+](=O)[O-])c1. The number of rotatable bonds is 4. The van der Waals surface area contributed by atoms with Crippen LogP contribution in [0.3, 0.4) is 0 Å². The van der Waals surface area contributed by atoms with E-state index in [1.54, 1.807) is 6.07 Å². The van der Waals surface area contributed by atoms with Gasteiger partial charge in [0, 0.05) is 12.6 Å². The largest absolute Gasteiger partial charge is 0.375 e. The van der Waals surface area contributed by atoms with Crippen LogP contribution in [0.4, 0.5) is 11.4 Å². The maximum atomic E-state index is 11.0. The van der Waals surface area contributed by atoms with Crippen molar-refractivity contribution < 1.29 is 4.92 Å². The van der Waals surface area contributed by atoms with E-state index in [2.05, 4.69) is 11.4 Å². The van der Waals surface area contributed by atoms with E-state index in [0.717, 1.165) is 11.1 Å². The molecular weight excluding hydrogens is 240 g/mol. The molecule has 0 bridgehead atoms. The Morgan fingerprint density at radius 2 is 1.89 bits per heavy atom. The quantitative estimate of drug-likeness (QED) is 0.668. The highest BCUT2D eigenvalue weighted by Crippen LogP contribution is 2.28. The van der Waals surface area contributed by atoms with E-state index in [0.29, 0.717) is 12.2 Å². The van der Waals surface area contributed by atoms with Crippen molar-refractivity contribution in [2.75, 3.05) is 5.32 Å². The molecule has 4 heteroatoms. The maximum Gasteiger partial charge on any atom is 0.292 e. The highest BCUT2D eigenvalue weighted by Gasteiger charge is 2.14. The lowest BCUT2D eigenvalue weighted by atomic mass is 10.1. The first-order valence-corrected chi connectivity index (χ1v) is 6.11. The summed E-state index contributed by atoms with van der Waals surface area (Å²) in [5, 5.41) is 14.2. The number of hydrogen-bond donors (Lipinski definition) is 1. The fraction of sp³-hybridized carbons (Fsp3) is 0.200. The molecule has 2 aromatic carbocycles. The minimum absolute atomic E-state index is 0.118. The van der Waals surface area contributed by atoms with Crippen molar-refractivity contribution in [3.8, 4) is 0 Å². The number of nitrogens with zero attached hydrogens (tertiary/aromatic N) is 1. The molecule has 0 amide bonds. The van der Waals surface area contributed by atoms with Crippen LogP contribution in [0, 0.1) is 24.0 Å². The molecule has 0 radical (unpaired) electrons. The number of nitro groups is 1. The maximum absolute atomic E-state index is 11.0. The average Bonchev–Trinajstić information content (AvgIpc) is 2.37. The smallest absolute Gasteiger partial charge is 0.292 e. The highest BCUT2D eigenvalue weighted by molar-refractivity contribution is 5.66. The molecular formula is C15H16N2O2. The van der Waals surface area contributed by atoms with Crippen LogP contribution in [-0.2, 0) is 6.54 Å². The number of hydrogen-bond acceptors (Lipinski definition) is 3. The monoisotopic (exact) mass is 256 g/mol. The Morgan fingerprint density at radius 3 is 2.58 bits per heavy atom. The molecule has 0 aliphatic heterocycles. The molecule has 0 fully saturated rings. The zero-order valence-corrected chi connectivity index (χ0v) is 11.0. The zero-order chi connectivity index (χ0) is 13.8. The molecule has 1 N–H and O–H groups in total. The molecule has 4 nitrogen and oxygen atoms in total. The molecule has 19 heavy (non-hydrogen) atoms. The van der Waals surface area contributed by atoms with Crippen molar-refractivity contribution in [1.82, 2.24) is 0 Å². The first kappa shape index (κ1) is 13.1. The third-order valence-corrected chi connectivity index (χ3v) is 3.00. The summed E-state index contributed by atoms with van der Waals surface area (Å²) in [6.07, 6.45) is 0. The Morgan fingerprint density at radius 1 is 1.16 bits per heavy atom. The molecule has 0 spiro atoms. The van der Waals surface area contributed by atoms with Gasteiger partial charge in [-0.05, 0) is 25.0 Å². The Hall–Kier alpha value is -2.36. The Kier molecular flexibility index (Phi) is 3.80. The van der Waals surface area contributed by atoms with Gasteiger partial charge in [0.15, 0.2) is 0 Å². The number of aryl methyl sites for hydroxylation is 2. The number of anilines is 1. The van der Waals surface area contributed by atoms with Crippen LogP contribution in [-0.4, -0.2) is 4.92 Å². The molecule has 0 aromatic heterocycles. The van der Waals surface area contributed by atoms with Crippen molar-refractivity contribution >= 4 is 11.4 Å². The van der Waals surface area contributed by atoms with E-state index in [4.69, 9.17) is 0 Å². The first-order chi connectivity index (χ1) is 9.08. The van der Waals surface area contributed by atoms with Crippen LogP contribution in [0.1, 0.15) is 16.7 Å². The van der Waals surface area contributed by atoms with Gasteiger partial charge >= 0.3 is 0 Å². The minimum atomic E-state index is -0.356. The van der Waals surface area contributed by atoms with E-state index < -0.39 is 0 Å². The molecule has 0 atom stereocenters. The average molecular weight is 256 g/mol. The Bertz CT molecular complexity index is 609. The highest BCUT2D eigenvalue weighted by atomic mass is 16.6. The second-order valence-corrected chi connectivity index (χ2v) is 4.57. The number of nitrogens with one attached hydrogen (secondary N) is 1. The predicted octanol–water partition coefficient (Wildman–Crippen LogP) is 3.82. The van der Waals surface area contributed by atoms with Gasteiger partial charge in [0.25, 0.3) is 5.69 Å². The van der Waals surface area contributed by atoms with Gasteiger partial charge in [-0.15, -0.1) is 0 Å². The van der Waals surface area contributed by atoms with Crippen LogP contribution < -0.4 is 5.32 Å². The Balaban J connectivity index is 2.22. The molecule has 0 saturated heterocycles. The van der Waals surface area contributed by atoms with E-state index in [-0.39, 0.29) is 10.6 Å². The van der Waals surface area contributed by atoms with E-state index in [1.807, 2.05) is 38.1 Å². The zero-order valence-electron chi connectivity index (χ0n) is 11.0. The fourth-order valence-electron chi connectivity index (χ4n) is 2.05. The second kappa shape index (κ2) is 5.52. The fourth-order valence-corrected chi connectivity index (χ4v) is 2.05. The lowest BCUT2D eigenvalue weighted by Crippen LogP contribution is -2.04. The van der Waals surface area contributed by atoms with Crippen molar-refractivity contribution in [3.05, 3.63) is 69.3 Å². The van der Waals surface area contributed by atoms with Gasteiger partial charge in [-0.2, -0.15) is 0 Å². The van der Waals surface area contributed by atoms with Gasteiger partial charge in [-0.3, -0.25) is 10.1 Å². The first-order valence-electron chi connectivity index (χ1n) is 6.11. The second-order valence-electron chi connectivity index (χ2n) is 4.57. The summed E-state index contributed by atoms with van der Waals surface area (Å²) in [5.41, 5.74) is 3.87. The third-order valence-electron chi connectivity index (χ3n) is 3.00. The molecule has 0 aliphatic rings. The summed E-state index contributed by atoms with van der Waals surface area (Å²) in [6.45, 7) is 4.47. The number of benzene rings is 2. The van der Waals surface area contributed by atoms with Crippen LogP contribution in [0.5, 0.6) is 0 Å². The molecule has 0 aliphatic carbocycles. The van der Waals surface area contributed by atoms with Gasteiger partial charge in [0.05, 0.1) is 4.92 Å². The molecule has 0 unspecified atom stereocenters. The molecule has 2 rings (SSSR count). The summed E-state index contributed by atoms with van der Waals surface area (Å²) < 4.78 is 0. The third kappa shape index (κ3) is 3.10. The molecule has 2 aromatic rings. The lowest BCUT2D eigenvalue weighted by molar-refractivity contribution is -0.384. The van der Waals surface area contributed by atoms with Crippen molar-refractivity contribution in [2.24, 2.45) is 0 Å². The van der Waals surface area contributed by atoms with E-state index >= 15 is 0 Å². The normalized spacial score (nSPS) is 10.2. The number of nitro benzene ring substituents is 1. The Labute approximate surface area is 112 Å². The van der Waals surface area contributed by atoms with Crippen LogP contribution >= 0.6 is 0 Å². The van der Waals surface area contributed by atoms with Gasteiger partial charge < -0.3 is 5.32 Å². The van der Waals surface area contributed by atoms with Crippen LogP contribution in [0.15, 0.2) is 42.5 Å². The van der Waals surface area contributed by atoms with E-state index in [1.165, 1.54) is 11.6 Å². The lowest BCUT2D eigenvalue weighted by Gasteiger charge is -2.10. The van der Waals surface area contributed by atoms with Gasteiger partial charge in [0.1, 0.15) is 5.69 Å².